The van der Waals surface area contributed by atoms with Crippen LogP contribution in [0.15, 0.2) is 37.5 Å². The van der Waals surface area contributed by atoms with E-state index in [0.29, 0.717) is 0 Å². The first kappa shape index (κ1) is 15.2. The Labute approximate surface area is 102 Å². The molecule has 0 aromatic rings. The van der Waals surface area contributed by atoms with Gasteiger partial charge < -0.3 is 9.47 Å². The van der Waals surface area contributed by atoms with Gasteiger partial charge in [0.1, 0.15) is 0 Å². The Hall–Kier alpha value is -1.84. The molecule has 0 radical (unpaired) electrons. The van der Waals surface area contributed by atoms with Crippen LogP contribution in [0.25, 0.3) is 0 Å². The van der Waals surface area contributed by atoms with Gasteiger partial charge in [0.2, 0.25) is 0 Å². The van der Waals surface area contributed by atoms with Crippen molar-refractivity contribution in [3.05, 3.63) is 37.5 Å². The minimum Gasteiger partial charge on any atom is -0.415 e. The fraction of sp³-hybridized carbons (Fsp3) is 0.385. The van der Waals surface area contributed by atoms with Crippen molar-refractivity contribution < 1.29 is 19.1 Å². The molecular weight excluding hydrogens is 220 g/mol. The molecule has 0 fully saturated rings. The van der Waals surface area contributed by atoms with E-state index in [1.54, 1.807) is 13.8 Å². The van der Waals surface area contributed by atoms with E-state index in [0.717, 1.165) is 6.08 Å². The van der Waals surface area contributed by atoms with Crippen LogP contribution in [-0.4, -0.2) is 17.7 Å². The highest BCUT2D eigenvalue weighted by atomic mass is 16.7. The van der Waals surface area contributed by atoms with Gasteiger partial charge in [-0.05, 0) is 13.0 Å². The summed E-state index contributed by atoms with van der Waals surface area (Å²) in [6.45, 7) is 15.3. The van der Waals surface area contributed by atoms with Crippen LogP contribution in [0.3, 0.4) is 0 Å². The molecule has 1 unspecified atom stereocenters. The lowest BCUT2D eigenvalue weighted by Crippen LogP contribution is -2.42. The summed E-state index contributed by atoms with van der Waals surface area (Å²) in [6.07, 6.45) is 2.27. The van der Waals surface area contributed by atoms with E-state index in [1.807, 2.05) is 0 Å². The van der Waals surface area contributed by atoms with Crippen molar-refractivity contribution in [1.29, 1.82) is 0 Å². The molecular formula is C13H18O4. The van der Waals surface area contributed by atoms with Crippen LogP contribution in [0.5, 0.6) is 0 Å². The number of rotatable bonds is 6. The third kappa shape index (κ3) is 3.90. The monoisotopic (exact) mass is 238 g/mol. The third-order valence-corrected chi connectivity index (χ3v) is 2.12. The van der Waals surface area contributed by atoms with Gasteiger partial charge in [0.05, 0.1) is 0 Å². The maximum Gasteiger partial charge on any atom is 0.336 e. The number of hydrogen-bond acceptors (Lipinski definition) is 4. The van der Waals surface area contributed by atoms with Crippen LogP contribution in [0.1, 0.15) is 20.8 Å². The van der Waals surface area contributed by atoms with E-state index in [4.69, 9.17) is 9.47 Å². The normalized spacial score (nSPS) is 13.4. The summed E-state index contributed by atoms with van der Waals surface area (Å²) < 4.78 is 10.2. The number of esters is 2. The Kier molecular flexibility index (Phi) is 5.38. The lowest BCUT2D eigenvalue weighted by atomic mass is 10.0. The quantitative estimate of drug-likeness (QED) is 0.308. The number of carbonyl (C=O) groups excluding carboxylic acids is 2. The van der Waals surface area contributed by atoms with E-state index in [-0.39, 0.29) is 11.5 Å². The first-order valence-corrected chi connectivity index (χ1v) is 5.17. The molecule has 0 bridgehead atoms. The van der Waals surface area contributed by atoms with Gasteiger partial charge in [-0.1, -0.05) is 33.6 Å². The predicted molar refractivity (Wildman–Crippen MR) is 65.0 cm³/mol. The SMILES string of the molecule is C=CC(=O)OC(C=C)(OC(=O)C(=C)C)C(C)C. The Bertz CT molecular complexity index is 354. The topological polar surface area (TPSA) is 52.6 Å². The fourth-order valence-electron chi connectivity index (χ4n) is 1.01. The molecule has 0 aliphatic rings. The highest BCUT2D eigenvalue weighted by molar-refractivity contribution is 5.88. The van der Waals surface area contributed by atoms with E-state index < -0.39 is 17.7 Å². The highest BCUT2D eigenvalue weighted by Gasteiger charge is 2.38. The van der Waals surface area contributed by atoms with E-state index >= 15 is 0 Å². The van der Waals surface area contributed by atoms with Crippen molar-refractivity contribution in [2.24, 2.45) is 5.92 Å². The Balaban J connectivity index is 5.15. The van der Waals surface area contributed by atoms with Crippen LogP contribution >= 0.6 is 0 Å². The zero-order chi connectivity index (χ0) is 13.6. The lowest BCUT2D eigenvalue weighted by molar-refractivity contribution is -0.218. The zero-order valence-corrected chi connectivity index (χ0v) is 10.5. The van der Waals surface area contributed by atoms with Crippen molar-refractivity contribution >= 4 is 11.9 Å². The molecule has 4 nitrogen and oxygen atoms in total. The first-order valence-electron chi connectivity index (χ1n) is 5.17. The molecule has 0 spiro atoms. The van der Waals surface area contributed by atoms with E-state index in [9.17, 15) is 9.59 Å². The maximum atomic E-state index is 11.5. The van der Waals surface area contributed by atoms with Crippen molar-refractivity contribution in [2.75, 3.05) is 0 Å². The second-order valence-electron chi connectivity index (χ2n) is 3.88. The molecule has 4 heteroatoms. The van der Waals surface area contributed by atoms with Gasteiger partial charge in [-0.2, -0.15) is 0 Å². The lowest BCUT2D eigenvalue weighted by Gasteiger charge is -2.32. The zero-order valence-electron chi connectivity index (χ0n) is 10.5. The molecule has 0 rings (SSSR count). The number of hydrogen-bond donors (Lipinski definition) is 0. The molecule has 0 aromatic carbocycles. The van der Waals surface area contributed by atoms with Gasteiger partial charge >= 0.3 is 11.9 Å². The highest BCUT2D eigenvalue weighted by Crippen LogP contribution is 2.26. The smallest absolute Gasteiger partial charge is 0.336 e. The van der Waals surface area contributed by atoms with Crippen LogP contribution in [-0.2, 0) is 19.1 Å². The van der Waals surface area contributed by atoms with Crippen molar-refractivity contribution in [1.82, 2.24) is 0 Å². The average Bonchev–Trinajstić information content (AvgIpc) is 2.27. The molecule has 1 atom stereocenters. The molecule has 0 saturated carbocycles. The number of ether oxygens (including phenoxy) is 2. The molecule has 0 amide bonds. The Morgan fingerprint density at radius 2 is 1.76 bits per heavy atom. The second-order valence-corrected chi connectivity index (χ2v) is 3.88. The van der Waals surface area contributed by atoms with Gasteiger partial charge in [0.25, 0.3) is 5.79 Å². The summed E-state index contributed by atoms with van der Waals surface area (Å²) in [4.78, 5) is 22.7. The van der Waals surface area contributed by atoms with E-state index in [1.165, 1.54) is 13.0 Å². The third-order valence-electron chi connectivity index (χ3n) is 2.12. The average molecular weight is 238 g/mol. The van der Waals surface area contributed by atoms with Crippen molar-refractivity contribution in [2.45, 2.75) is 26.6 Å². The van der Waals surface area contributed by atoms with Crippen molar-refractivity contribution in [3.8, 4) is 0 Å². The molecule has 0 aromatic heterocycles. The minimum absolute atomic E-state index is 0.214. The largest absolute Gasteiger partial charge is 0.415 e. The van der Waals surface area contributed by atoms with Gasteiger partial charge in [-0.25, -0.2) is 9.59 Å². The molecule has 0 N–H and O–H groups in total. The van der Waals surface area contributed by atoms with Crippen LogP contribution in [0.2, 0.25) is 0 Å². The Morgan fingerprint density at radius 3 is 2.06 bits per heavy atom. The van der Waals surface area contributed by atoms with Crippen LogP contribution < -0.4 is 0 Å². The van der Waals surface area contributed by atoms with Crippen LogP contribution in [0.4, 0.5) is 0 Å². The van der Waals surface area contributed by atoms with Gasteiger partial charge in [0.15, 0.2) is 0 Å². The minimum atomic E-state index is -1.50. The molecule has 0 heterocycles. The summed E-state index contributed by atoms with van der Waals surface area (Å²) in [5.41, 5.74) is 0.214. The standard InChI is InChI=1S/C13H18O4/c1-7-11(14)16-13(8-2,10(5)6)17-12(15)9(3)4/h7-8,10H,1-3H2,4-6H3. The number of carbonyl (C=O) groups is 2. The Morgan fingerprint density at radius 1 is 1.24 bits per heavy atom. The van der Waals surface area contributed by atoms with Gasteiger partial charge in [-0.15, -0.1) is 0 Å². The fourth-order valence-corrected chi connectivity index (χ4v) is 1.01. The van der Waals surface area contributed by atoms with Gasteiger partial charge in [-0.3, -0.25) is 0 Å². The molecule has 0 aliphatic heterocycles. The predicted octanol–water partition coefficient (Wildman–Crippen LogP) is 2.37. The second kappa shape index (κ2) is 6.03. The summed E-state index contributed by atoms with van der Waals surface area (Å²) in [6, 6.07) is 0. The molecule has 94 valence electrons. The molecule has 0 saturated heterocycles. The van der Waals surface area contributed by atoms with Crippen molar-refractivity contribution in [3.63, 3.8) is 0 Å². The summed E-state index contributed by atoms with van der Waals surface area (Å²) in [7, 11) is 0. The van der Waals surface area contributed by atoms with Gasteiger partial charge in [0, 0.05) is 17.6 Å². The molecule has 17 heavy (non-hydrogen) atoms. The maximum absolute atomic E-state index is 11.5. The summed E-state index contributed by atoms with van der Waals surface area (Å²) in [5.74, 6) is -3.11. The summed E-state index contributed by atoms with van der Waals surface area (Å²) in [5, 5.41) is 0. The molecule has 0 aliphatic carbocycles. The first-order chi connectivity index (χ1) is 7.79. The van der Waals surface area contributed by atoms with Crippen LogP contribution in [0, 0.1) is 5.92 Å². The van der Waals surface area contributed by atoms with E-state index in [2.05, 4.69) is 19.7 Å². The summed E-state index contributed by atoms with van der Waals surface area (Å²) >= 11 is 0.